The zero-order chi connectivity index (χ0) is 11.3. The minimum Gasteiger partial charge on any atom is -0.409 e. The van der Waals surface area contributed by atoms with E-state index < -0.39 is 0 Å². The Balaban J connectivity index is 2.94. The summed E-state index contributed by atoms with van der Waals surface area (Å²) < 4.78 is 0. The molecule has 0 aliphatic heterocycles. The van der Waals surface area contributed by atoms with Crippen molar-refractivity contribution in [2.45, 2.75) is 25.4 Å². The van der Waals surface area contributed by atoms with Crippen molar-refractivity contribution in [3.63, 3.8) is 0 Å². The highest BCUT2D eigenvalue weighted by Gasteiger charge is 2.06. The lowest BCUT2D eigenvalue weighted by molar-refractivity contribution is 0.318. The van der Waals surface area contributed by atoms with Crippen molar-refractivity contribution in [2.24, 2.45) is 10.9 Å². The number of rotatable bonds is 4. The van der Waals surface area contributed by atoms with Crippen LogP contribution in [0.3, 0.4) is 0 Å². The molecule has 0 aliphatic carbocycles. The Morgan fingerprint density at radius 1 is 1.60 bits per heavy atom. The van der Waals surface area contributed by atoms with Gasteiger partial charge in [-0.05, 0) is 19.4 Å². The molecule has 1 rings (SSSR count). The Hall–Kier alpha value is -1.30. The molecule has 0 amide bonds. The Bertz CT molecular complexity index is 367. The average molecular weight is 226 g/mol. The molecule has 0 aromatic carbocycles. The van der Waals surface area contributed by atoms with E-state index in [9.17, 15) is 0 Å². The third kappa shape index (κ3) is 3.39. The molecule has 0 saturated heterocycles. The summed E-state index contributed by atoms with van der Waals surface area (Å²) in [5.74, 6) is 0.970. The molecule has 0 radical (unpaired) electrons. The first-order valence-corrected chi connectivity index (χ1v) is 5.62. The molecule has 6 heteroatoms. The number of aromatic nitrogens is 2. The Morgan fingerprint density at radius 3 is 2.93 bits per heavy atom. The third-order valence-electron chi connectivity index (χ3n) is 1.64. The first-order valence-electron chi connectivity index (χ1n) is 4.63. The molecule has 1 heterocycles. The maximum Gasteiger partial charge on any atom is 0.188 e. The van der Waals surface area contributed by atoms with Crippen molar-refractivity contribution in [3.8, 4) is 0 Å². The van der Waals surface area contributed by atoms with Gasteiger partial charge in [0.05, 0.1) is 0 Å². The third-order valence-corrected chi connectivity index (χ3v) is 2.69. The fourth-order valence-corrected chi connectivity index (χ4v) is 1.74. The molecule has 82 valence electrons. The zero-order valence-corrected chi connectivity index (χ0v) is 9.58. The predicted octanol–water partition coefficient (Wildman–Crippen LogP) is 1.38. The van der Waals surface area contributed by atoms with Gasteiger partial charge in [0.25, 0.3) is 0 Å². The van der Waals surface area contributed by atoms with Crippen LogP contribution in [0.5, 0.6) is 0 Å². The summed E-state index contributed by atoms with van der Waals surface area (Å²) in [6, 6.07) is 1.69. The summed E-state index contributed by atoms with van der Waals surface area (Å²) in [7, 11) is 0. The monoisotopic (exact) mass is 226 g/mol. The van der Waals surface area contributed by atoms with E-state index in [2.05, 4.69) is 22.0 Å². The second-order valence-corrected chi connectivity index (χ2v) is 4.07. The van der Waals surface area contributed by atoms with Crippen LogP contribution < -0.4 is 5.73 Å². The standard InChI is InChI=1S/C9H14N4OS/c1-3-4-15-9-11-6(2)5-7(12-9)8(10)13-14/h5,14H,3-4H2,1-2H3,(H2,10,13). The number of thioether (sulfide) groups is 1. The van der Waals surface area contributed by atoms with Crippen LogP contribution >= 0.6 is 11.8 Å². The van der Waals surface area contributed by atoms with Gasteiger partial charge in [0, 0.05) is 11.4 Å². The van der Waals surface area contributed by atoms with Crippen molar-refractivity contribution in [1.29, 1.82) is 0 Å². The molecule has 0 unspecified atom stereocenters. The zero-order valence-electron chi connectivity index (χ0n) is 8.77. The van der Waals surface area contributed by atoms with E-state index in [1.54, 1.807) is 17.8 Å². The van der Waals surface area contributed by atoms with Crippen LogP contribution in [0.25, 0.3) is 0 Å². The van der Waals surface area contributed by atoms with Gasteiger partial charge >= 0.3 is 0 Å². The van der Waals surface area contributed by atoms with E-state index in [0.717, 1.165) is 17.9 Å². The van der Waals surface area contributed by atoms with Gasteiger partial charge in [-0.25, -0.2) is 9.97 Å². The first kappa shape index (κ1) is 11.8. The summed E-state index contributed by atoms with van der Waals surface area (Å²) in [6.07, 6.45) is 1.06. The minimum atomic E-state index is 0.0128. The van der Waals surface area contributed by atoms with Gasteiger partial charge in [0.2, 0.25) is 0 Å². The number of nitrogens with two attached hydrogens (primary N) is 1. The molecule has 0 aliphatic rings. The second-order valence-electron chi connectivity index (χ2n) is 3.01. The lowest BCUT2D eigenvalue weighted by Crippen LogP contribution is -2.16. The van der Waals surface area contributed by atoms with Gasteiger partial charge in [-0.15, -0.1) is 0 Å². The lowest BCUT2D eigenvalue weighted by Gasteiger charge is -2.03. The summed E-state index contributed by atoms with van der Waals surface area (Å²) in [4.78, 5) is 8.43. The second kappa shape index (κ2) is 5.55. The molecule has 0 fully saturated rings. The van der Waals surface area contributed by atoms with E-state index in [1.165, 1.54) is 0 Å². The van der Waals surface area contributed by atoms with Crippen LogP contribution in [-0.2, 0) is 0 Å². The van der Waals surface area contributed by atoms with Crippen LogP contribution in [0.15, 0.2) is 16.4 Å². The molecule has 1 aromatic heterocycles. The highest BCUT2D eigenvalue weighted by molar-refractivity contribution is 7.99. The van der Waals surface area contributed by atoms with Crippen molar-refractivity contribution >= 4 is 17.6 Å². The minimum absolute atomic E-state index is 0.0128. The van der Waals surface area contributed by atoms with Crippen LogP contribution in [0.4, 0.5) is 0 Å². The van der Waals surface area contributed by atoms with E-state index in [-0.39, 0.29) is 5.84 Å². The molecule has 5 nitrogen and oxygen atoms in total. The predicted molar refractivity (Wildman–Crippen MR) is 60.3 cm³/mol. The Kier molecular flexibility index (Phi) is 4.36. The maximum atomic E-state index is 8.54. The van der Waals surface area contributed by atoms with E-state index in [1.807, 2.05) is 6.92 Å². The molecule has 0 spiro atoms. The molecule has 15 heavy (non-hydrogen) atoms. The number of hydrogen-bond donors (Lipinski definition) is 2. The van der Waals surface area contributed by atoms with Crippen molar-refractivity contribution in [2.75, 3.05) is 5.75 Å². The summed E-state index contributed by atoms with van der Waals surface area (Å²) in [5.41, 5.74) is 6.73. The normalized spacial score (nSPS) is 11.7. The first-order chi connectivity index (χ1) is 7.17. The Morgan fingerprint density at radius 2 is 2.33 bits per heavy atom. The fraction of sp³-hybridized carbons (Fsp3) is 0.444. The molecular formula is C9H14N4OS. The highest BCUT2D eigenvalue weighted by atomic mass is 32.2. The summed E-state index contributed by atoms with van der Waals surface area (Å²) >= 11 is 1.56. The fourth-order valence-electron chi connectivity index (χ4n) is 0.982. The van der Waals surface area contributed by atoms with Crippen LogP contribution in [0.2, 0.25) is 0 Å². The number of aryl methyl sites for hydroxylation is 1. The summed E-state index contributed by atoms with van der Waals surface area (Å²) in [6.45, 7) is 3.94. The van der Waals surface area contributed by atoms with Crippen LogP contribution in [-0.4, -0.2) is 26.8 Å². The smallest absolute Gasteiger partial charge is 0.188 e. The molecular weight excluding hydrogens is 212 g/mol. The topological polar surface area (TPSA) is 84.4 Å². The highest BCUT2D eigenvalue weighted by Crippen LogP contribution is 2.14. The van der Waals surface area contributed by atoms with Crippen molar-refractivity contribution in [1.82, 2.24) is 9.97 Å². The maximum absolute atomic E-state index is 8.54. The molecule has 0 saturated carbocycles. The SMILES string of the molecule is CCCSc1nc(C)cc(/C(N)=N/O)n1. The number of hydrogen-bond acceptors (Lipinski definition) is 5. The largest absolute Gasteiger partial charge is 0.409 e. The van der Waals surface area contributed by atoms with E-state index >= 15 is 0 Å². The molecule has 0 atom stereocenters. The van der Waals surface area contributed by atoms with Gasteiger partial charge in [0.1, 0.15) is 5.69 Å². The average Bonchev–Trinajstić information content (AvgIpc) is 2.24. The number of nitrogens with zero attached hydrogens (tertiary/aromatic N) is 3. The van der Waals surface area contributed by atoms with Crippen molar-refractivity contribution < 1.29 is 5.21 Å². The van der Waals surface area contributed by atoms with Gasteiger partial charge in [0.15, 0.2) is 11.0 Å². The molecule has 0 bridgehead atoms. The van der Waals surface area contributed by atoms with Gasteiger partial charge in [-0.1, -0.05) is 23.8 Å². The van der Waals surface area contributed by atoms with E-state index in [0.29, 0.717) is 10.9 Å². The van der Waals surface area contributed by atoms with Gasteiger partial charge in [-0.2, -0.15) is 0 Å². The number of amidine groups is 1. The van der Waals surface area contributed by atoms with Crippen molar-refractivity contribution in [3.05, 3.63) is 17.5 Å². The molecule has 1 aromatic rings. The summed E-state index contributed by atoms with van der Waals surface area (Å²) in [5, 5.41) is 12.1. The quantitative estimate of drug-likeness (QED) is 0.202. The lowest BCUT2D eigenvalue weighted by atomic mass is 10.3. The van der Waals surface area contributed by atoms with Gasteiger partial charge in [-0.3, -0.25) is 0 Å². The number of oxime groups is 1. The Labute approximate surface area is 92.8 Å². The van der Waals surface area contributed by atoms with Crippen LogP contribution in [0.1, 0.15) is 24.7 Å². The van der Waals surface area contributed by atoms with E-state index in [4.69, 9.17) is 10.9 Å². The van der Waals surface area contributed by atoms with Gasteiger partial charge < -0.3 is 10.9 Å². The molecule has 3 N–H and O–H groups in total. The van der Waals surface area contributed by atoms with Crippen LogP contribution in [0, 0.1) is 6.92 Å².